The molecule has 0 saturated carbocycles. The Morgan fingerprint density at radius 1 is 1.69 bits per heavy atom. The maximum Gasteiger partial charge on any atom is 0.325 e. The first-order valence-electron chi connectivity index (χ1n) is 4.76. The number of aromatic nitrogens is 2. The first kappa shape index (κ1) is 13.4. The lowest BCUT2D eigenvalue weighted by molar-refractivity contribution is -0.146. The molecule has 1 heterocycles. The number of aryl methyl sites for hydroxylation is 1. The molecule has 0 aliphatic heterocycles. The zero-order valence-corrected chi connectivity index (χ0v) is 11.2. The van der Waals surface area contributed by atoms with Crippen LogP contribution in [0.25, 0.3) is 0 Å². The zero-order chi connectivity index (χ0) is 12.2. The van der Waals surface area contributed by atoms with E-state index in [1.54, 1.807) is 18.7 Å². The molecule has 7 heteroatoms. The highest BCUT2D eigenvalue weighted by Gasteiger charge is 2.28. The summed E-state index contributed by atoms with van der Waals surface area (Å²) < 4.78 is 9.59. The SMILES string of the molecule is COC(=O)C(C)(N)CCSc1nc(C)ns1. The van der Waals surface area contributed by atoms with Crippen molar-refractivity contribution in [2.45, 2.75) is 30.1 Å². The molecule has 0 bridgehead atoms. The standard InChI is InChI=1S/C9H15N3O2S2/c1-6-11-8(16-12-6)15-5-4-9(2,10)7(13)14-3/h4-5,10H2,1-3H3. The molecular weight excluding hydrogens is 246 g/mol. The smallest absolute Gasteiger partial charge is 0.325 e. The average molecular weight is 261 g/mol. The summed E-state index contributed by atoms with van der Waals surface area (Å²) in [5, 5.41) is 0. The predicted octanol–water partition coefficient (Wildman–Crippen LogP) is 1.22. The van der Waals surface area contributed by atoms with Gasteiger partial charge in [-0.05, 0) is 31.8 Å². The molecule has 0 saturated heterocycles. The molecule has 0 aromatic carbocycles. The first-order chi connectivity index (χ1) is 7.45. The summed E-state index contributed by atoms with van der Waals surface area (Å²) in [7, 11) is 1.34. The Balaban J connectivity index is 2.38. The lowest BCUT2D eigenvalue weighted by atomic mass is 10.0. The van der Waals surface area contributed by atoms with Crippen LogP contribution in [-0.4, -0.2) is 33.7 Å². The number of thioether (sulfide) groups is 1. The Bertz CT molecular complexity index is 365. The van der Waals surface area contributed by atoms with Crippen molar-refractivity contribution in [3.05, 3.63) is 5.82 Å². The third kappa shape index (κ3) is 3.73. The molecule has 0 aliphatic carbocycles. The van der Waals surface area contributed by atoms with E-state index in [4.69, 9.17) is 5.73 Å². The lowest BCUT2D eigenvalue weighted by Gasteiger charge is -2.20. The number of hydrogen-bond acceptors (Lipinski definition) is 7. The van der Waals surface area contributed by atoms with Gasteiger partial charge in [-0.3, -0.25) is 4.79 Å². The second kappa shape index (κ2) is 5.60. The minimum Gasteiger partial charge on any atom is -0.468 e. The van der Waals surface area contributed by atoms with Crippen molar-refractivity contribution in [2.75, 3.05) is 12.9 Å². The Kier molecular flexibility index (Phi) is 4.69. The highest BCUT2D eigenvalue weighted by atomic mass is 32.2. The molecule has 90 valence electrons. The average Bonchev–Trinajstić information content (AvgIpc) is 2.62. The van der Waals surface area contributed by atoms with Gasteiger partial charge in [0.25, 0.3) is 0 Å². The van der Waals surface area contributed by atoms with Gasteiger partial charge >= 0.3 is 5.97 Å². The maximum absolute atomic E-state index is 11.3. The minimum atomic E-state index is -0.929. The molecule has 5 nitrogen and oxygen atoms in total. The van der Waals surface area contributed by atoms with E-state index in [1.807, 2.05) is 6.92 Å². The van der Waals surface area contributed by atoms with Crippen LogP contribution in [0.5, 0.6) is 0 Å². The maximum atomic E-state index is 11.3. The van der Waals surface area contributed by atoms with E-state index >= 15 is 0 Å². The van der Waals surface area contributed by atoms with Crippen molar-refractivity contribution in [3.8, 4) is 0 Å². The number of ether oxygens (including phenoxy) is 1. The Hall–Kier alpha value is -0.660. The molecule has 1 atom stereocenters. The van der Waals surface area contributed by atoms with Crippen molar-refractivity contribution in [1.29, 1.82) is 0 Å². The molecule has 1 unspecified atom stereocenters. The molecule has 1 rings (SSSR count). The van der Waals surface area contributed by atoms with Crippen molar-refractivity contribution >= 4 is 29.3 Å². The van der Waals surface area contributed by atoms with E-state index in [-0.39, 0.29) is 5.97 Å². The van der Waals surface area contributed by atoms with Crippen LogP contribution in [0.2, 0.25) is 0 Å². The third-order valence-electron chi connectivity index (χ3n) is 2.01. The van der Waals surface area contributed by atoms with Gasteiger partial charge in [0.15, 0.2) is 4.34 Å². The number of hydrogen-bond donors (Lipinski definition) is 1. The largest absolute Gasteiger partial charge is 0.468 e. The Morgan fingerprint density at radius 3 is 2.88 bits per heavy atom. The van der Waals surface area contributed by atoms with E-state index in [0.29, 0.717) is 6.42 Å². The summed E-state index contributed by atoms with van der Waals surface area (Å²) in [6, 6.07) is 0. The van der Waals surface area contributed by atoms with E-state index < -0.39 is 5.54 Å². The van der Waals surface area contributed by atoms with E-state index in [1.165, 1.54) is 18.6 Å². The number of carbonyl (C=O) groups is 1. The normalized spacial score (nSPS) is 14.5. The number of nitrogens with two attached hydrogens (primary N) is 1. The second-order valence-electron chi connectivity index (χ2n) is 3.62. The van der Waals surface area contributed by atoms with Crippen molar-refractivity contribution in [1.82, 2.24) is 9.36 Å². The molecule has 0 aliphatic rings. The highest BCUT2D eigenvalue weighted by Crippen LogP contribution is 2.22. The van der Waals surface area contributed by atoms with Gasteiger partial charge < -0.3 is 10.5 Å². The summed E-state index contributed by atoms with van der Waals surface area (Å²) in [5.74, 6) is 1.11. The summed E-state index contributed by atoms with van der Waals surface area (Å²) in [4.78, 5) is 15.5. The monoisotopic (exact) mass is 261 g/mol. The lowest BCUT2D eigenvalue weighted by Crippen LogP contribution is -2.46. The third-order valence-corrected chi connectivity index (χ3v) is 3.93. The number of nitrogens with zero attached hydrogens (tertiary/aromatic N) is 2. The molecule has 1 aromatic heterocycles. The molecule has 2 N–H and O–H groups in total. The van der Waals surface area contributed by atoms with Crippen LogP contribution in [0, 0.1) is 6.92 Å². The predicted molar refractivity (Wildman–Crippen MR) is 64.6 cm³/mol. The second-order valence-corrected chi connectivity index (χ2v) is 5.71. The fourth-order valence-corrected chi connectivity index (χ4v) is 2.92. The van der Waals surface area contributed by atoms with Gasteiger partial charge in [-0.25, -0.2) is 4.98 Å². The van der Waals surface area contributed by atoms with E-state index in [0.717, 1.165) is 15.9 Å². The number of methoxy groups -OCH3 is 1. The van der Waals surface area contributed by atoms with Crippen molar-refractivity contribution in [2.24, 2.45) is 5.73 Å². The van der Waals surface area contributed by atoms with Gasteiger partial charge in [0.1, 0.15) is 11.4 Å². The Morgan fingerprint density at radius 2 is 2.38 bits per heavy atom. The van der Waals surface area contributed by atoms with Gasteiger partial charge in [-0.2, -0.15) is 4.37 Å². The van der Waals surface area contributed by atoms with Crippen LogP contribution < -0.4 is 5.73 Å². The fraction of sp³-hybridized carbons (Fsp3) is 0.667. The topological polar surface area (TPSA) is 78.1 Å². The van der Waals surface area contributed by atoms with Crippen molar-refractivity contribution in [3.63, 3.8) is 0 Å². The molecular formula is C9H15N3O2S2. The molecule has 0 spiro atoms. The van der Waals surface area contributed by atoms with Gasteiger partial charge in [0, 0.05) is 5.75 Å². The minimum absolute atomic E-state index is 0.387. The highest BCUT2D eigenvalue weighted by molar-refractivity contribution is 8.00. The summed E-state index contributed by atoms with van der Waals surface area (Å²) in [6.45, 7) is 3.52. The van der Waals surface area contributed by atoms with Gasteiger partial charge in [-0.15, -0.1) is 0 Å². The van der Waals surface area contributed by atoms with E-state index in [9.17, 15) is 4.79 Å². The van der Waals surface area contributed by atoms with Crippen LogP contribution in [-0.2, 0) is 9.53 Å². The number of rotatable bonds is 5. The summed E-state index contributed by atoms with van der Waals surface area (Å²) in [6.07, 6.45) is 0.545. The first-order valence-corrected chi connectivity index (χ1v) is 6.52. The van der Waals surface area contributed by atoms with Crippen LogP contribution in [0.15, 0.2) is 4.34 Å². The van der Waals surface area contributed by atoms with Crippen LogP contribution in [0.1, 0.15) is 19.2 Å². The van der Waals surface area contributed by atoms with Gasteiger partial charge in [0.05, 0.1) is 7.11 Å². The molecule has 1 aromatic rings. The number of carbonyl (C=O) groups excluding carboxylic acids is 1. The zero-order valence-electron chi connectivity index (χ0n) is 9.52. The molecule has 16 heavy (non-hydrogen) atoms. The summed E-state index contributed by atoms with van der Waals surface area (Å²) >= 11 is 2.91. The van der Waals surface area contributed by atoms with E-state index in [2.05, 4.69) is 14.1 Å². The fourth-order valence-electron chi connectivity index (χ4n) is 1.02. The molecule has 0 fully saturated rings. The Labute approximate surface area is 103 Å². The molecule has 0 radical (unpaired) electrons. The van der Waals surface area contributed by atoms with Gasteiger partial charge in [0.2, 0.25) is 0 Å². The quantitative estimate of drug-likeness (QED) is 0.634. The summed E-state index contributed by atoms with van der Waals surface area (Å²) in [5.41, 5.74) is 4.89. The van der Waals surface area contributed by atoms with Crippen LogP contribution in [0.3, 0.4) is 0 Å². The van der Waals surface area contributed by atoms with Crippen LogP contribution >= 0.6 is 23.3 Å². The molecule has 0 amide bonds. The van der Waals surface area contributed by atoms with Gasteiger partial charge in [-0.1, -0.05) is 11.8 Å². The van der Waals surface area contributed by atoms with Crippen LogP contribution in [0.4, 0.5) is 0 Å². The van der Waals surface area contributed by atoms with Crippen molar-refractivity contribution < 1.29 is 9.53 Å². The number of esters is 1.